The third kappa shape index (κ3) is 2.10. The molecule has 1 saturated heterocycles. The van der Waals surface area contributed by atoms with Gasteiger partial charge in [-0.25, -0.2) is 0 Å². The number of hydrogen-bond donors (Lipinski definition) is 1. The average molecular weight is 206 g/mol. The lowest BCUT2D eigenvalue weighted by molar-refractivity contribution is 0.269. The van der Waals surface area contributed by atoms with E-state index in [0.29, 0.717) is 11.5 Å². The van der Waals surface area contributed by atoms with Gasteiger partial charge in [-0.3, -0.25) is 0 Å². The van der Waals surface area contributed by atoms with Crippen molar-refractivity contribution in [2.24, 2.45) is 13.0 Å². The van der Waals surface area contributed by atoms with Gasteiger partial charge in [0.25, 0.3) is 0 Å². The van der Waals surface area contributed by atoms with Gasteiger partial charge in [-0.15, -0.1) is 0 Å². The van der Waals surface area contributed by atoms with Gasteiger partial charge in [-0.1, -0.05) is 13.8 Å². The molecular weight excluding hydrogens is 184 g/mol. The lowest BCUT2D eigenvalue weighted by Gasteiger charge is -2.33. The normalized spacial score (nSPS) is 26.4. The van der Waals surface area contributed by atoms with E-state index in [1.807, 2.05) is 0 Å². The molecular formula is C13H22N2. The molecule has 0 amide bonds. The van der Waals surface area contributed by atoms with Crippen molar-refractivity contribution in [3.05, 3.63) is 24.0 Å². The SMILES string of the molecule is CC(C)C1(Cc2ccn(C)c2)CCCN1. The maximum Gasteiger partial charge on any atom is 0.0245 e. The van der Waals surface area contributed by atoms with Crippen LogP contribution in [0, 0.1) is 5.92 Å². The van der Waals surface area contributed by atoms with Gasteiger partial charge in [0.1, 0.15) is 0 Å². The minimum Gasteiger partial charge on any atom is -0.357 e. The van der Waals surface area contributed by atoms with Crippen molar-refractivity contribution in [1.29, 1.82) is 0 Å². The van der Waals surface area contributed by atoms with Crippen LogP contribution in [0.5, 0.6) is 0 Å². The summed E-state index contributed by atoms with van der Waals surface area (Å²) < 4.78 is 2.14. The van der Waals surface area contributed by atoms with E-state index in [1.165, 1.54) is 31.4 Å². The van der Waals surface area contributed by atoms with Gasteiger partial charge in [0, 0.05) is 25.0 Å². The van der Waals surface area contributed by atoms with Crippen molar-refractivity contribution in [2.45, 2.75) is 38.6 Å². The fourth-order valence-corrected chi connectivity index (χ4v) is 2.71. The predicted molar refractivity (Wildman–Crippen MR) is 63.9 cm³/mol. The fraction of sp³-hybridized carbons (Fsp3) is 0.692. The zero-order valence-electron chi connectivity index (χ0n) is 10.1. The molecule has 0 aromatic carbocycles. The molecule has 2 nitrogen and oxygen atoms in total. The summed E-state index contributed by atoms with van der Waals surface area (Å²) in [7, 11) is 2.09. The highest BCUT2D eigenvalue weighted by atomic mass is 15.0. The van der Waals surface area contributed by atoms with Crippen molar-refractivity contribution < 1.29 is 0 Å². The summed E-state index contributed by atoms with van der Waals surface area (Å²) >= 11 is 0. The van der Waals surface area contributed by atoms with Crippen LogP contribution >= 0.6 is 0 Å². The zero-order chi connectivity index (χ0) is 10.9. The van der Waals surface area contributed by atoms with Crippen molar-refractivity contribution in [2.75, 3.05) is 6.54 Å². The average Bonchev–Trinajstić information content (AvgIpc) is 2.77. The van der Waals surface area contributed by atoms with E-state index in [4.69, 9.17) is 0 Å². The molecule has 15 heavy (non-hydrogen) atoms. The van der Waals surface area contributed by atoms with Gasteiger partial charge in [0.2, 0.25) is 0 Å². The quantitative estimate of drug-likeness (QED) is 0.803. The smallest absolute Gasteiger partial charge is 0.0245 e. The number of nitrogens with zero attached hydrogens (tertiary/aromatic N) is 1. The van der Waals surface area contributed by atoms with E-state index >= 15 is 0 Å². The monoisotopic (exact) mass is 206 g/mol. The highest BCUT2D eigenvalue weighted by molar-refractivity contribution is 5.16. The molecule has 1 fully saturated rings. The molecule has 0 saturated carbocycles. The highest BCUT2D eigenvalue weighted by Gasteiger charge is 2.36. The molecule has 0 radical (unpaired) electrons. The van der Waals surface area contributed by atoms with E-state index in [0.717, 1.165) is 0 Å². The van der Waals surface area contributed by atoms with Crippen LogP contribution in [0.25, 0.3) is 0 Å². The van der Waals surface area contributed by atoms with E-state index < -0.39 is 0 Å². The van der Waals surface area contributed by atoms with Gasteiger partial charge in [0.05, 0.1) is 0 Å². The van der Waals surface area contributed by atoms with Gasteiger partial charge in [-0.2, -0.15) is 0 Å². The molecule has 2 heteroatoms. The summed E-state index contributed by atoms with van der Waals surface area (Å²) in [6, 6.07) is 2.24. The summed E-state index contributed by atoms with van der Waals surface area (Å²) in [5, 5.41) is 3.72. The van der Waals surface area contributed by atoms with Crippen molar-refractivity contribution in [3.63, 3.8) is 0 Å². The zero-order valence-corrected chi connectivity index (χ0v) is 10.1. The van der Waals surface area contributed by atoms with Crippen molar-refractivity contribution >= 4 is 0 Å². The van der Waals surface area contributed by atoms with Crippen LogP contribution in [0.3, 0.4) is 0 Å². The van der Waals surface area contributed by atoms with Crippen LogP contribution in [0.4, 0.5) is 0 Å². The number of aromatic nitrogens is 1. The second-order valence-corrected chi connectivity index (χ2v) is 5.20. The van der Waals surface area contributed by atoms with E-state index in [-0.39, 0.29) is 0 Å². The second-order valence-electron chi connectivity index (χ2n) is 5.20. The summed E-state index contributed by atoms with van der Waals surface area (Å²) in [5.74, 6) is 0.709. The number of rotatable bonds is 3. The predicted octanol–water partition coefficient (Wildman–Crippen LogP) is 2.35. The van der Waals surface area contributed by atoms with Gasteiger partial charge < -0.3 is 9.88 Å². The van der Waals surface area contributed by atoms with Crippen LogP contribution in [0.1, 0.15) is 32.3 Å². The Labute approximate surface area is 92.7 Å². The first-order valence-electron chi connectivity index (χ1n) is 5.98. The highest BCUT2D eigenvalue weighted by Crippen LogP contribution is 2.31. The fourth-order valence-electron chi connectivity index (χ4n) is 2.71. The Kier molecular flexibility index (Phi) is 2.87. The molecule has 0 bridgehead atoms. The summed E-state index contributed by atoms with van der Waals surface area (Å²) in [6.45, 7) is 5.85. The molecule has 84 valence electrons. The molecule has 1 aromatic rings. The van der Waals surface area contributed by atoms with Gasteiger partial charge in [0.15, 0.2) is 0 Å². The van der Waals surface area contributed by atoms with Crippen LogP contribution in [-0.4, -0.2) is 16.7 Å². The van der Waals surface area contributed by atoms with Crippen LogP contribution < -0.4 is 5.32 Å². The molecule has 1 unspecified atom stereocenters. The van der Waals surface area contributed by atoms with Gasteiger partial charge in [-0.05, 0) is 43.4 Å². The van der Waals surface area contributed by atoms with Gasteiger partial charge >= 0.3 is 0 Å². The number of aryl methyl sites for hydroxylation is 1. The van der Waals surface area contributed by atoms with E-state index in [2.05, 4.69) is 49.2 Å². The Balaban J connectivity index is 2.13. The molecule has 2 heterocycles. The second kappa shape index (κ2) is 4.01. The van der Waals surface area contributed by atoms with Crippen molar-refractivity contribution in [1.82, 2.24) is 9.88 Å². The minimum atomic E-state index is 0.349. The molecule has 1 N–H and O–H groups in total. The summed E-state index contributed by atoms with van der Waals surface area (Å²) in [6.07, 6.45) is 8.19. The van der Waals surface area contributed by atoms with Crippen LogP contribution in [0.15, 0.2) is 18.5 Å². The maximum atomic E-state index is 3.72. The Hall–Kier alpha value is -0.760. The third-order valence-corrected chi connectivity index (χ3v) is 3.79. The maximum absolute atomic E-state index is 3.72. The Morgan fingerprint density at radius 2 is 2.33 bits per heavy atom. The molecule has 1 aliphatic rings. The Morgan fingerprint density at radius 1 is 1.53 bits per heavy atom. The lowest BCUT2D eigenvalue weighted by Crippen LogP contribution is -2.46. The summed E-state index contributed by atoms with van der Waals surface area (Å²) in [4.78, 5) is 0. The number of hydrogen-bond acceptors (Lipinski definition) is 1. The lowest BCUT2D eigenvalue weighted by atomic mass is 9.80. The van der Waals surface area contributed by atoms with Crippen molar-refractivity contribution in [3.8, 4) is 0 Å². The Bertz CT molecular complexity index is 319. The molecule has 1 atom stereocenters. The molecule has 0 aliphatic carbocycles. The molecule has 1 aromatic heterocycles. The molecule has 2 rings (SSSR count). The molecule has 0 spiro atoms. The number of nitrogens with one attached hydrogen (secondary N) is 1. The van der Waals surface area contributed by atoms with Crippen LogP contribution in [-0.2, 0) is 13.5 Å². The summed E-state index contributed by atoms with van der Waals surface area (Å²) in [5.41, 5.74) is 1.81. The van der Waals surface area contributed by atoms with Crippen LogP contribution in [0.2, 0.25) is 0 Å². The van der Waals surface area contributed by atoms with E-state index in [9.17, 15) is 0 Å². The standard InChI is InChI=1S/C13H22N2/c1-11(2)13(6-4-7-14-13)9-12-5-8-15(3)10-12/h5,8,10-11,14H,4,6-7,9H2,1-3H3. The van der Waals surface area contributed by atoms with E-state index in [1.54, 1.807) is 0 Å². The Morgan fingerprint density at radius 3 is 2.80 bits per heavy atom. The first-order chi connectivity index (χ1) is 7.12. The third-order valence-electron chi connectivity index (χ3n) is 3.79. The first kappa shape index (κ1) is 10.7. The largest absolute Gasteiger partial charge is 0.357 e. The minimum absolute atomic E-state index is 0.349. The first-order valence-corrected chi connectivity index (χ1v) is 5.98. The topological polar surface area (TPSA) is 17.0 Å². The molecule has 1 aliphatic heterocycles.